The molecule has 2 unspecified atom stereocenters. The Kier molecular flexibility index (Phi) is 7.98. The number of carbonyl (C=O) groups excluding carboxylic acids is 1. The molecule has 0 aliphatic carbocycles. The first-order valence-electron chi connectivity index (χ1n) is 10.8. The molecule has 3 heterocycles. The molecule has 29 heavy (non-hydrogen) atoms. The molecule has 1 aromatic rings. The first-order valence-corrected chi connectivity index (χ1v) is 11.2. The third-order valence-corrected chi connectivity index (χ3v) is 5.93. The number of anilines is 1. The fraction of sp³-hybridized carbons (Fsp3) is 0.667. The molecule has 0 radical (unpaired) electrons. The second kappa shape index (κ2) is 10.7. The summed E-state index contributed by atoms with van der Waals surface area (Å²) in [4.78, 5) is 25.8. The van der Waals surface area contributed by atoms with Crippen molar-refractivity contribution in [3.63, 3.8) is 0 Å². The standard InChI is InChI=1S/C21H33ClN6O/c1-3-23-21(25-12-9-19(29)28-13-5-4-7-16(28)2)26-17-10-14-27(15-17)20-18(22)8-6-11-24-20/h6,8,11,16-17H,3-5,7,9-10,12-15H2,1-2H3,(H2,23,25,26). The van der Waals surface area contributed by atoms with Crippen LogP contribution in [0.4, 0.5) is 5.82 Å². The van der Waals surface area contributed by atoms with Crippen LogP contribution in [0, 0.1) is 0 Å². The Morgan fingerprint density at radius 2 is 2.21 bits per heavy atom. The first-order chi connectivity index (χ1) is 14.1. The van der Waals surface area contributed by atoms with E-state index in [-0.39, 0.29) is 11.9 Å². The molecule has 1 aromatic heterocycles. The number of pyridine rings is 1. The van der Waals surface area contributed by atoms with Gasteiger partial charge in [0.05, 0.1) is 11.6 Å². The number of piperidine rings is 1. The van der Waals surface area contributed by atoms with Crippen LogP contribution >= 0.6 is 11.6 Å². The van der Waals surface area contributed by atoms with Crippen molar-refractivity contribution in [1.82, 2.24) is 20.5 Å². The lowest BCUT2D eigenvalue weighted by molar-refractivity contribution is -0.134. The van der Waals surface area contributed by atoms with E-state index in [0.29, 0.717) is 24.0 Å². The van der Waals surface area contributed by atoms with Crippen molar-refractivity contribution in [1.29, 1.82) is 0 Å². The van der Waals surface area contributed by atoms with Crippen LogP contribution < -0.4 is 15.5 Å². The fourth-order valence-corrected chi connectivity index (χ4v) is 4.31. The largest absolute Gasteiger partial charge is 0.357 e. The van der Waals surface area contributed by atoms with Gasteiger partial charge in [-0.05, 0) is 51.7 Å². The number of nitrogens with one attached hydrogen (secondary N) is 2. The van der Waals surface area contributed by atoms with Gasteiger partial charge in [0.1, 0.15) is 5.82 Å². The molecule has 2 N–H and O–H groups in total. The maximum absolute atomic E-state index is 12.5. The van der Waals surface area contributed by atoms with Gasteiger partial charge in [-0.3, -0.25) is 9.79 Å². The van der Waals surface area contributed by atoms with Gasteiger partial charge in [0.25, 0.3) is 0 Å². The highest BCUT2D eigenvalue weighted by Crippen LogP contribution is 2.25. The summed E-state index contributed by atoms with van der Waals surface area (Å²) in [5.41, 5.74) is 0. The van der Waals surface area contributed by atoms with Crippen LogP contribution in [0.1, 0.15) is 46.0 Å². The van der Waals surface area contributed by atoms with Crippen LogP contribution in [0.25, 0.3) is 0 Å². The topological polar surface area (TPSA) is 72.9 Å². The summed E-state index contributed by atoms with van der Waals surface area (Å²) in [6, 6.07) is 4.34. The minimum absolute atomic E-state index is 0.216. The van der Waals surface area contributed by atoms with E-state index in [4.69, 9.17) is 11.6 Å². The number of rotatable bonds is 6. The monoisotopic (exact) mass is 420 g/mol. The highest BCUT2D eigenvalue weighted by Gasteiger charge is 2.26. The van der Waals surface area contributed by atoms with E-state index in [1.54, 1.807) is 6.20 Å². The second-order valence-corrected chi connectivity index (χ2v) is 8.23. The molecule has 2 aliphatic rings. The van der Waals surface area contributed by atoms with E-state index in [2.05, 4.69) is 32.4 Å². The summed E-state index contributed by atoms with van der Waals surface area (Å²) in [5.74, 6) is 1.82. The van der Waals surface area contributed by atoms with Gasteiger partial charge >= 0.3 is 0 Å². The predicted octanol–water partition coefficient (Wildman–Crippen LogP) is 2.66. The number of halogens is 1. The molecule has 3 rings (SSSR count). The molecule has 0 spiro atoms. The highest BCUT2D eigenvalue weighted by atomic mass is 35.5. The number of amides is 1. The van der Waals surface area contributed by atoms with Crippen LogP contribution in [-0.2, 0) is 4.79 Å². The van der Waals surface area contributed by atoms with Crippen LogP contribution in [0.2, 0.25) is 5.02 Å². The van der Waals surface area contributed by atoms with Crippen LogP contribution in [0.15, 0.2) is 23.3 Å². The minimum Gasteiger partial charge on any atom is -0.357 e. The number of nitrogens with zero attached hydrogens (tertiary/aromatic N) is 4. The molecule has 0 aromatic carbocycles. The summed E-state index contributed by atoms with van der Waals surface area (Å²) in [7, 11) is 0. The Balaban J connectivity index is 1.50. The summed E-state index contributed by atoms with van der Waals surface area (Å²) >= 11 is 6.28. The molecule has 0 bridgehead atoms. The van der Waals surface area contributed by atoms with E-state index in [0.717, 1.165) is 57.2 Å². The SMILES string of the molecule is CCNC(=NCCC(=O)N1CCCCC1C)NC1CCN(c2ncccc2Cl)C1. The highest BCUT2D eigenvalue weighted by molar-refractivity contribution is 6.32. The maximum Gasteiger partial charge on any atom is 0.224 e. The number of carbonyl (C=O) groups is 1. The maximum atomic E-state index is 12.5. The zero-order chi connectivity index (χ0) is 20.6. The molecule has 8 heteroatoms. The zero-order valence-electron chi connectivity index (χ0n) is 17.5. The number of hydrogen-bond donors (Lipinski definition) is 2. The van der Waals surface area contributed by atoms with Crippen LogP contribution in [-0.4, -0.2) is 66.6 Å². The van der Waals surface area contributed by atoms with E-state index in [1.807, 2.05) is 24.0 Å². The Labute approximate surface area is 178 Å². The van der Waals surface area contributed by atoms with Gasteiger partial charge in [0, 0.05) is 50.9 Å². The number of likely N-dealkylation sites (tertiary alicyclic amines) is 1. The smallest absolute Gasteiger partial charge is 0.224 e. The molecule has 7 nitrogen and oxygen atoms in total. The summed E-state index contributed by atoms with van der Waals surface area (Å²) in [5, 5.41) is 7.47. The average Bonchev–Trinajstić information content (AvgIpc) is 3.17. The number of aromatic nitrogens is 1. The van der Waals surface area contributed by atoms with E-state index >= 15 is 0 Å². The van der Waals surface area contributed by atoms with Gasteiger partial charge < -0.3 is 20.4 Å². The van der Waals surface area contributed by atoms with Crippen molar-refractivity contribution in [3.8, 4) is 0 Å². The third-order valence-electron chi connectivity index (χ3n) is 5.63. The van der Waals surface area contributed by atoms with Gasteiger partial charge in [-0.1, -0.05) is 11.6 Å². The van der Waals surface area contributed by atoms with E-state index in [1.165, 1.54) is 6.42 Å². The third kappa shape index (κ3) is 5.98. The van der Waals surface area contributed by atoms with Crippen molar-refractivity contribution in [3.05, 3.63) is 23.4 Å². The van der Waals surface area contributed by atoms with E-state index < -0.39 is 0 Å². The molecule has 1 amide bonds. The molecule has 2 aliphatic heterocycles. The summed E-state index contributed by atoms with van der Waals surface area (Å²) in [6.07, 6.45) is 6.66. The van der Waals surface area contributed by atoms with Crippen molar-refractivity contribution in [2.45, 2.75) is 58.0 Å². The van der Waals surface area contributed by atoms with Crippen molar-refractivity contribution in [2.75, 3.05) is 37.6 Å². The lowest BCUT2D eigenvalue weighted by Gasteiger charge is -2.33. The fourth-order valence-electron chi connectivity index (χ4n) is 4.07. The van der Waals surface area contributed by atoms with Crippen LogP contribution in [0.3, 0.4) is 0 Å². The number of guanidine groups is 1. The van der Waals surface area contributed by atoms with Gasteiger partial charge in [0.15, 0.2) is 5.96 Å². The van der Waals surface area contributed by atoms with Crippen LogP contribution in [0.5, 0.6) is 0 Å². The Morgan fingerprint density at radius 3 is 2.97 bits per heavy atom. The molecule has 160 valence electrons. The normalized spacial score (nSPS) is 22.7. The minimum atomic E-state index is 0.216. The zero-order valence-corrected chi connectivity index (χ0v) is 18.3. The van der Waals surface area contributed by atoms with Crippen molar-refractivity contribution < 1.29 is 4.79 Å². The Morgan fingerprint density at radius 1 is 1.34 bits per heavy atom. The summed E-state index contributed by atoms with van der Waals surface area (Å²) < 4.78 is 0. The molecular weight excluding hydrogens is 388 g/mol. The summed E-state index contributed by atoms with van der Waals surface area (Å²) in [6.45, 7) is 8.09. The molecule has 0 saturated carbocycles. The lowest BCUT2D eigenvalue weighted by Crippen LogP contribution is -2.45. The Hall–Kier alpha value is -2.02. The lowest BCUT2D eigenvalue weighted by atomic mass is 10.0. The van der Waals surface area contributed by atoms with Crippen molar-refractivity contribution >= 4 is 29.3 Å². The second-order valence-electron chi connectivity index (χ2n) is 7.83. The quantitative estimate of drug-likeness (QED) is 0.546. The molecule has 2 fully saturated rings. The van der Waals surface area contributed by atoms with Gasteiger partial charge in [-0.25, -0.2) is 4.98 Å². The average molecular weight is 421 g/mol. The van der Waals surface area contributed by atoms with Gasteiger partial charge in [-0.15, -0.1) is 0 Å². The first kappa shape index (κ1) is 21.7. The van der Waals surface area contributed by atoms with Crippen molar-refractivity contribution in [2.24, 2.45) is 4.99 Å². The molecule has 2 saturated heterocycles. The Bertz CT molecular complexity index is 712. The number of hydrogen-bond acceptors (Lipinski definition) is 4. The molecular formula is C21H33ClN6O. The van der Waals surface area contributed by atoms with E-state index in [9.17, 15) is 4.79 Å². The number of aliphatic imine (C=N–C) groups is 1. The molecule has 2 atom stereocenters. The predicted molar refractivity (Wildman–Crippen MR) is 119 cm³/mol. The van der Waals surface area contributed by atoms with Gasteiger partial charge in [-0.2, -0.15) is 0 Å². The van der Waals surface area contributed by atoms with Gasteiger partial charge in [0.2, 0.25) is 5.91 Å².